The highest BCUT2D eigenvalue weighted by atomic mass is 32.2. The minimum atomic E-state index is -3.27. The summed E-state index contributed by atoms with van der Waals surface area (Å²) in [6, 6.07) is 5.09. The second-order valence-corrected chi connectivity index (χ2v) is 6.33. The van der Waals surface area contributed by atoms with Gasteiger partial charge in [0, 0.05) is 12.1 Å². The molecule has 1 atom stereocenters. The standard InChI is InChI=1S/C12H15NO5S/c1-19(16,17)13-7-8-2-3-11-10(6-8)9(12(14)15)4-5-18-11/h2-3,6,9,13H,4-5,7H2,1H3,(H,14,15)/t9-/m1/s1. The lowest BCUT2D eigenvalue weighted by atomic mass is 9.92. The summed E-state index contributed by atoms with van der Waals surface area (Å²) in [6.45, 7) is 0.517. The summed E-state index contributed by atoms with van der Waals surface area (Å²) < 4.78 is 29.8. The minimum Gasteiger partial charge on any atom is -0.493 e. The van der Waals surface area contributed by atoms with Crippen LogP contribution < -0.4 is 9.46 Å². The van der Waals surface area contributed by atoms with Crippen molar-refractivity contribution in [2.24, 2.45) is 0 Å². The van der Waals surface area contributed by atoms with E-state index in [1.54, 1.807) is 18.2 Å². The van der Waals surface area contributed by atoms with Gasteiger partial charge in [-0.25, -0.2) is 13.1 Å². The van der Waals surface area contributed by atoms with E-state index in [0.29, 0.717) is 29.9 Å². The molecule has 0 aliphatic carbocycles. The molecule has 0 saturated carbocycles. The molecule has 0 fully saturated rings. The van der Waals surface area contributed by atoms with Crippen molar-refractivity contribution in [1.29, 1.82) is 0 Å². The molecule has 0 unspecified atom stereocenters. The van der Waals surface area contributed by atoms with Gasteiger partial charge in [0.15, 0.2) is 0 Å². The molecule has 0 aromatic heterocycles. The summed E-state index contributed by atoms with van der Waals surface area (Å²) in [5.74, 6) is -0.929. The van der Waals surface area contributed by atoms with Gasteiger partial charge in [0.1, 0.15) is 5.75 Å². The number of hydrogen-bond donors (Lipinski definition) is 2. The fourth-order valence-corrected chi connectivity index (χ4v) is 2.45. The van der Waals surface area contributed by atoms with Gasteiger partial charge in [-0.3, -0.25) is 4.79 Å². The fourth-order valence-electron chi connectivity index (χ4n) is 2.02. The molecule has 7 heteroatoms. The molecular weight excluding hydrogens is 270 g/mol. The van der Waals surface area contributed by atoms with E-state index in [2.05, 4.69) is 4.72 Å². The predicted molar refractivity (Wildman–Crippen MR) is 68.6 cm³/mol. The van der Waals surface area contributed by atoms with Gasteiger partial charge in [0.2, 0.25) is 10.0 Å². The smallest absolute Gasteiger partial charge is 0.311 e. The summed E-state index contributed by atoms with van der Waals surface area (Å²) in [5.41, 5.74) is 1.31. The SMILES string of the molecule is CS(=O)(=O)NCc1ccc2c(c1)[C@H](C(=O)O)CCO2. The van der Waals surface area contributed by atoms with Gasteiger partial charge in [-0.2, -0.15) is 0 Å². The van der Waals surface area contributed by atoms with Gasteiger partial charge in [-0.1, -0.05) is 6.07 Å². The Kier molecular flexibility index (Phi) is 3.77. The van der Waals surface area contributed by atoms with E-state index in [1.165, 1.54) is 0 Å². The van der Waals surface area contributed by atoms with Gasteiger partial charge in [-0.05, 0) is 24.1 Å². The third kappa shape index (κ3) is 3.45. The van der Waals surface area contributed by atoms with E-state index in [9.17, 15) is 13.2 Å². The van der Waals surface area contributed by atoms with Crippen LogP contribution in [0, 0.1) is 0 Å². The van der Waals surface area contributed by atoms with Crippen molar-refractivity contribution >= 4 is 16.0 Å². The molecule has 0 amide bonds. The quantitative estimate of drug-likeness (QED) is 0.849. The maximum atomic E-state index is 11.2. The van der Waals surface area contributed by atoms with Crippen LogP contribution in [0.15, 0.2) is 18.2 Å². The lowest BCUT2D eigenvalue weighted by molar-refractivity contribution is -0.139. The highest BCUT2D eigenvalue weighted by Gasteiger charge is 2.27. The number of benzene rings is 1. The number of aliphatic carboxylic acids is 1. The van der Waals surface area contributed by atoms with E-state index >= 15 is 0 Å². The highest BCUT2D eigenvalue weighted by Crippen LogP contribution is 2.34. The average molecular weight is 285 g/mol. The third-order valence-electron chi connectivity index (χ3n) is 2.95. The molecule has 0 radical (unpaired) electrons. The van der Waals surface area contributed by atoms with Crippen LogP contribution >= 0.6 is 0 Å². The molecule has 0 bridgehead atoms. The van der Waals surface area contributed by atoms with Crippen LogP contribution in [0.5, 0.6) is 5.75 Å². The molecule has 1 aliphatic heterocycles. The summed E-state index contributed by atoms with van der Waals surface area (Å²) in [7, 11) is -3.27. The van der Waals surface area contributed by atoms with Crippen molar-refractivity contribution in [2.45, 2.75) is 18.9 Å². The summed E-state index contributed by atoms with van der Waals surface area (Å²) in [4.78, 5) is 11.2. The van der Waals surface area contributed by atoms with E-state index in [1.807, 2.05) is 0 Å². The average Bonchev–Trinajstić information content (AvgIpc) is 2.34. The van der Waals surface area contributed by atoms with Crippen molar-refractivity contribution < 1.29 is 23.1 Å². The molecule has 19 heavy (non-hydrogen) atoms. The van der Waals surface area contributed by atoms with Gasteiger partial charge in [-0.15, -0.1) is 0 Å². The molecular formula is C12H15NO5S. The molecule has 1 aromatic carbocycles. The van der Waals surface area contributed by atoms with E-state index in [4.69, 9.17) is 9.84 Å². The second kappa shape index (κ2) is 5.18. The summed E-state index contributed by atoms with van der Waals surface area (Å²) in [6.07, 6.45) is 1.50. The fraction of sp³-hybridized carbons (Fsp3) is 0.417. The zero-order valence-corrected chi connectivity index (χ0v) is 11.2. The first-order valence-corrected chi connectivity index (χ1v) is 7.69. The summed E-state index contributed by atoms with van der Waals surface area (Å²) in [5, 5.41) is 9.17. The monoisotopic (exact) mass is 285 g/mol. The molecule has 1 aliphatic rings. The number of carbonyl (C=O) groups is 1. The van der Waals surface area contributed by atoms with Crippen LogP contribution in [0.4, 0.5) is 0 Å². The number of carboxylic acid groups (broad SMARTS) is 1. The second-order valence-electron chi connectivity index (χ2n) is 4.49. The van der Waals surface area contributed by atoms with E-state index in [-0.39, 0.29) is 6.54 Å². The van der Waals surface area contributed by atoms with Crippen molar-refractivity contribution in [3.63, 3.8) is 0 Å². The Morgan fingerprint density at radius 3 is 2.89 bits per heavy atom. The van der Waals surface area contributed by atoms with Crippen molar-refractivity contribution in [3.8, 4) is 5.75 Å². The number of hydrogen-bond acceptors (Lipinski definition) is 4. The van der Waals surface area contributed by atoms with Crippen LogP contribution in [0.3, 0.4) is 0 Å². The molecule has 0 saturated heterocycles. The van der Waals surface area contributed by atoms with E-state index in [0.717, 1.165) is 6.26 Å². The molecule has 2 rings (SSSR count). The van der Waals surface area contributed by atoms with Gasteiger partial charge in [0.25, 0.3) is 0 Å². The topological polar surface area (TPSA) is 92.7 Å². The third-order valence-corrected chi connectivity index (χ3v) is 3.62. The molecule has 2 N–H and O–H groups in total. The molecule has 1 aromatic rings. The Bertz CT molecular complexity index is 596. The number of carboxylic acids is 1. The zero-order valence-electron chi connectivity index (χ0n) is 10.4. The Morgan fingerprint density at radius 2 is 2.26 bits per heavy atom. The van der Waals surface area contributed by atoms with Crippen LogP contribution in [-0.2, 0) is 21.4 Å². The van der Waals surface area contributed by atoms with Crippen LogP contribution in [0.2, 0.25) is 0 Å². The lowest BCUT2D eigenvalue weighted by Crippen LogP contribution is -2.23. The molecule has 0 spiro atoms. The molecule has 6 nitrogen and oxygen atoms in total. The highest BCUT2D eigenvalue weighted by molar-refractivity contribution is 7.88. The number of nitrogens with one attached hydrogen (secondary N) is 1. The van der Waals surface area contributed by atoms with Crippen molar-refractivity contribution in [1.82, 2.24) is 4.72 Å². The minimum absolute atomic E-state index is 0.137. The van der Waals surface area contributed by atoms with Crippen LogP contribution in [-0.4, -0.2) is 32.4 Å². The first-order valence-electron chi connectivity index (χ1n) is 5.80. The Labute approximate surface area is 111 Å². The molecule has 1 heterocycles. The number of ether oxygens (including phenoxy) is 1. The van der Waals surface area contributed by atoms with Gasteiger partial charge >= 0.3 is 5.97 Å². The van der Waals surface area contributed by atoms with Crippen LogP contribution in [0.1, 0.15) is 23.5 Å². The largest absolute Gasteiger partial charge is 0.493 e. The first kappa shape index (κ1) is 13.8. The van der Waals surface area contributed by atoms with Crippen molar-refractivity contribution in [2.75, 3.05) is 12.9 Å². The maximum Gasteiger partial charge on any atom is 0.311 e. The zero-order chi connectivity index (χ0) is 14.0. The van der Waals surface area contributed by atoms with Crippen molar-refractivity contribution in [3.05, 3.63) is 29.3 Å². The first-order chi connectivity index (χ1) is 8.87. The summed E-state index contributed by atoms with van der Waals surface area (Å²) >= 11 is 0. The lowest BCUT2D eigenvalue weighted by Gasteiger charge is -2.23. The van der Waals surface area contributed by atoms with Gasteiger partial charge in [0.05, 0.1) is 18.8 Å². The normalized spacial score (nSPS) is 18.5. The van der Waals surface area contributed by atoms with Crippen LogP contribution in [0.25, 0.3) is 0 Å². The van der Waals surface area contributed by atoms with E-state index < -0.39 is 21.9 Å². The number of fused-ring (bicyclic) bond motifs is 1. The predicted octanol–water partition coefficient (Wildman–Crippen LogP) is 0.686. The molecule has 104 valence electrons. The Balaban J connectivity index is 2.26. The number of rotatable bonds is 4. The Hall–Kier alpha value is -1.60. The van der Waals surface area contributed by atoms with Gasteiger partial charge < -0.3 is 9.84 Å². The number of sulfonamides is 1. The maximum absolute atomic E-state index is 11.2. The Morgan fingerprint density at radius 1 is 1.53 bits per heavy atom.